The number of halogens is 1. The van der Waals surface area contributed by atoms with Gasteiger partial charge in [0.15, 0.2) is 0 Å². The number of hydrazine groups is 1. The summed E-state index contributed by atoms with van der Waals surface area (Å²) in [5.74, 6) is -0.0724. The number of rotatable bonds is 3. The summed E-state index contributed by atoms with van der Waals surface area (Å²) in [5.41, 5.74) is 7.59. The third-order valence-electron chi connectivity index (χ3n) is 5.55. The number of amides is 1. The molecule has 0 saturated carbocycles. The van der Waals surface area contributed by atoms with Gasteiger partial charge in [-0.15, -0.1) is 0 Å². The van der Waals surface area contributed by atoms with Gasteiger partial charge >= 0.3 is 0 Å². The van der Waals surface area contributed by atoms with Crippen LogP contribution in [0.1, 0.15) is 40.7 Å². The van der Waals surface area contributed by atoms with Crippen LogP contribution >= 0.6 is 27.7 Å². The SMILES string of the molecule is O=C(NN1CCCCC1)c1ccc2c(c1)N=C(c1ccc(Br)cc1)c1ccccc1S2. The maximum atomic E-state index is 12.9. The summed E-state index contributed by atoms with van der Waals surface area (Å²) in [6.07, 6.45) is 3.48. The molecular formula is C25H22BrN3OS. The molecule has 0 aliphatic carbocycles. The van der Waals surface area contributed by atoms with Crippen molar-refractivity contribution < 1.29 is 4.79 Å². The average Bonchev–Trinajstić information content (AvgIpc) is 2.96. The van der Waals surface area contributed by atoms with E-state index in [4.69, 9.17) is 4.99 Å². The quantitative estimate of drug-likeness (QED) is 0.370. The molecule has 2 aliphatic heterocycles. The number of nitrogens with one attached hydrogen (secondary N) is 1. The second-order valence-electron chi connectivity index (χ2n) is 7.74. The minimum absolute atomic E-state index is 0.0724. The molecule has 3 aromatic rings. The van der Waals surface area contributed by atoms with Crippen LogP contribution in [0.25, 0.3) is 0 Å². The fraction of sp³-hybridized carbons (Fsp3) is 0.200. The van der Waals surface area contributed by atoms with Crippen LogP contribution in [0.15, 0.2) is 86.0 Å². The molecule has 0 aromatic heterocycles. The van der Waals surface area contributed by atoms with Gasteiger partial charge in [0, 0.05) is 44.0 Å². The molecule has 31 heavy (non-hydrogen) atoms. The standard InChI is InChI=1S/C25H22BrN3OS/c26-19-11-8-17(9-12-19)24-20-6-2-3-7-22(20)31-23-13-10-18(16-21(23)27-24)25(30)28-29-14-4-1-5-15-29/h2-3,6-13,16H,1,4-5,14-15H2,(H,28,30). The van der Waals surface area contributed by atoms with Crippen LogP contribution in [-0.4, -0.2) is 29.7 Å². The third kappa shape index (κ3) is 4.47. The predicted octanol–water partition coefficient (Wildman–Crippen LogP) is 6.21. The molecule has 0 atom stereocenters. The highest BCUT2D eigenvalue weighted by atomic mass is 79.9. The van der Waals surface area contributed by atoms with Crippen molar-refractivity contribution in [3.05, 3.63) is 87.9 Å². The molecule has 3 aromatic carbocycles. The van der Waals surface area contributed by atoms with Gasteiger partial charge in [0.1, 0.15) is 0 Å². The van der Waals surface area contributed by atoms with Gasteiger partial charge in [-0.3, -0.25) is 10.2 Å². The Labute approximate surface area is 194 Å². The number of carbonyl (C=O) groups excluding carboxylic acids is 1. The number of fused-ring (bicyclic) bond motifs is 2. The zero-order valence-corrected chi connectivity index (χ0v) is 19.4. The number of nitrogens with zero attached hydrogens (tertiary/aromatic N) is 2. The third-order valence-corrected chi connectivity index (χ3v) is 7.22. The topological polar surface area (TPSA) is 44.7 Å². The lowest BCUT2D eigenvalue weighted by Crippen LogP contribution is -2.45. The van der Waals surface area contributed by atoms with Crippen LogP contribution in [0, 0.1) is 0 Å². The van der Waals surface area contributed by atoms with E-state index in [9.17, 15) is 4.79 Å². The first-order valence-electron chi connectivity index (χ1n) is 10.5. The minimum Gasteiger partial charge on any atom is -0.285 e. The predicted molar refractivity (Wildman–Crippen MR) is 129 cm³/mol. The summed E-state index contributed by atoms with van der Waals surface area (Å²) in [5, 5.41) is 2.03. The number of hydrogen-bond donors (Lipinski definition) is 1. The van der Waals surface area contributed by atoms with E-state index in [0.717, 1.165) is 62.7 Å². The van der Waals surface area contributed by atoms with Gasteiger partial charge in [-0.2, -0.15) is 0 Å². The zero-order chi connectivity index (χ0) is 21.2. The monoisotopic (exact) mass is 491 g/mol. The van der Waals surface area contributed by atoms with Gasteiger partial charge in [-0.1, -0.05) is 64.4 Å². The van der Waals surface area contributed by atoms with Crippen molar-refractivity contribution >= 4 is 45.0 Å². The maximum absolute atomic E-state index is 12.9. The molecule has 1 fully saturated rings. The van der Waals surface area contributed by atoms with Gasteiger partial charge in [-0.05, 0) is 49.2 Å². The van der Waals surface area contributed by atoms with Crippen LogP contribution in [0.3, 0.4) is 0 Å². The van der Waals surface area contributed by atoms with E-state index < -0.39 is 0 Å². The molecule has 0 bridgehead atoms. The lowest BCUT2D eigenvalue weighted by atomic mass is 10.0. The first kappa shape index (κ1) is 20.5. The molecule has 5 rings (SSSR count). The number of aliphatic imine (C=N–C) groups is 1. The highest BCUT2D eigenvalue weighted by molar-refractivity contribution is 9.10. The van der Waals surface area contributed by atoms with Crippen molar-refractivity contribution in [2.45, 2.75) is 29.1 Å². The van der Waals surface area contributed by atoms with Gasteiger partial charge in [0.25, 0.3) is 5.91 Å². The van der Waals surface area contributed by atoms with Crippen LogP contribution in [0.5, 0.6) is 0 Å². The summed E-state index contributed by atoms with van der Waals surface area (Å²) in [6, 6.07) is 22.3. The minimum atomic E-state index is -0.0724. The van der Waals surface area contributed by atoms with Crippen molar-refractivity contribution in [3.63, 3.8) is 0 Å². The van der Waals surface area contributed by atoms with E-state index >= 15 is 0 Å². The molecule has 1 saturated heterocycles. The first-order chi connectivity index (χ1) is 15.2. The maximum Gasteiger partial charge on any atom is 0.265 e. The Hall–Kier alpha value is -2.41. The van der Waals surface area contributed by atoms with Crippen LogP contribution < -0.4 is 5.43 Å². The number of benzene rings is 3. The highest BCUT2D eigenvalue weighted by Gasteiger charge is 2.21. The van der Waals surface area contributed by atoms with Gasteiger partial charge in [0.2, 0.25) is 0 Å². The van der Waals surface area contributed by atoms with Crippen molar-refractivity contribution in [2.75, 3.05) is 13.1 Å². The largest absolute Gasteiger partial charge is 0.285 e. The number of hydrogen-bond acceptors (Lipinski definition) is 4. The Morgan fingerprint density at radius 3 is 2.52 bits per heavy atom. The molecule has 2 aliphatic rings. The molecule has 6 heteroatoms. The van der Waals surface area contributed by atoms with Crippen molar-refractivity contribution in [1.82, 2.24) is 10.4 Å². The normalized spacial score (nSPS) is 16.0. The molecular weight excluding hydrogens is 470 g/mol. The van der Waals surface area contributed by atoms with Crippen LogP contribution in [0.2, 0.25) is 0 Å². The molecule has 4 nitrogen and oxygen atoms in total. The van der Waals surface area contributed by atoms with Crippen molar-refractivity contribution in [3.8, 4) is 0 Å². The fourth-order valence-electron chi connectivity index (χ4n) is 3.92. The molecule has 1 amide bonds. The number of piperidine rings is 1. The molecule has 156 valence electrons. The zero-order valence-electron chi connectivity index (χ0n) is 17.0. The van der Waals surface area contributed by atoms with Crippen LogP contribution in [-0.2, 0) is 0 Å². The summed E-state index contributed by atoms with van der Waals surface area (Å²) >= 11 is 5.21. The second kappa shape index (κ2) is 8.99. The average molecular weight is 492 g/mol. The molecule has 1 N–H and O–H groups in total. The fourth-order valence-corrected chi connectivity index (χ4v) is 5.19. The lowest BCUT2D eigenvalue weighted by molar-refractivity contribution is 0.0750. The van der Waals surface area contributed by atoms with E-state index in [-0.39, 0.29) is 5.91 Å². The van der Waals surface area contributed by atoms with E-state index in [2.05, 4.69) is 51.7 Å². The van der Waals surface area contributed by atoms with E-state index in [0.29, 0.717) is 5.56 Å². The van der Waals surface area contributed by atoms with Gasteiger partial charge in [0.05, 0.1) is 11.4 Å². The molecule has 2 heterocycles. The highest BCUT2D eigenvalue weighted by Crippen LogP contribution is 2.41. The van der Waals surface area contributed by atoms with Crippen molar-refractivity contribution in [2.24, 2.45) is 4.99 Å². The second-order valence-corrected chi connectivity index (χ2v) is 9.74. The summed E-state index contributed by atoms with van der Waals surface area (Å²) in [6.45, 7) is 1.82. The summed E-state index contributed by atoms with van der Waals surface area (Å²) < 4.78 is 1.03. The van der Waals surface area contributed by atoms with E-state index in [1.807, 2.05) is 41.4 Å². The van der Waals surface area contributed by atoms with E-state index in [1.54, 1.807) is 11.8 Å². The molecule has 0 spiro atoms. The Balaban J connectivity index is 1.54. The summed E-state index contributed by atoms with van der Waals surface area (Å²) in [4.78, 5) is 20.1. The van der Waals surface area contributed by atoms with Crippen molar-refractivity contribution in [1.29, 1.82) is 0 Å². The van der Waals surface area contributed by atoms with Gasteiger partial charge in [-0.25, -0.2) is 10.0 Å². The van der Waals surface area contributed by atoms with Crippen LogP contribution in [0.4, 0.5) is 5.69 Å². The number of carbonyl (C=O) groups is 1. The van der Waals surface area contributed by atoms with E-state index in [1.165, 1.54) is 6.42 Å². The molecule has 0 unspecified atom stereocenters. The lowest BCUT2D eigenvalue weighted by Gasteiger charge is -2.26. The Bertz CT molecular complexity index is 1150. The smallest absolute Gasteiger partial charge is 0.265 e. The Morgan fingerprint density at radius 1 is 0.935 bits per heavy atom. The Morgan fingerprint density at radius 2 is 1.71 bits per heavy atom. The Kier molecular flexibility index (Phi) is 5.94. The van der Waals surface area contributed by atoms with Gasteiger partial charge < -0.3 is 0 Å². The molecule has 0 radical (unpaired) electrons. The summed E-state index contributed by atoms with van der Waals surface area (Å²) in [7, 11) is 0. The first-order valence-corrected chi connectivity index (χ1v) is 12.1.